The van der Waals surface area contributed by atoms with E-state index < -0.39 is 11.7 Å². The Bertz CT molecular complexity index is 309. The van der Waals surface area contributed by atoms with Crippen LogP contribution in [0.15, 0.2) is 18.5 Å². The van der Waals surface area contributed by atoms with E-state index in [4.69, 9.17) is 5.73 Å². The summed E-state index contributed by atoms with van der Waals surface area (Å²) >= 11 is 0. The van der Waals surface area contributed by atoms with Crippen molar-refractivity contribution in [1.29, 1.82) is 0 Å². The van der Waals surface area contributed by atoms with Crippen LogP contribution in [0.25, 0.3) is 0 Å². The van der Waals surface area contributed by atoms with E-state index >= 15 is 0 Å². The van der Waals surface area contributed by atoms with Crippen molar-refractivity contribution in [2.24, 2.45) is 5.73 Å². The maximum Gasteiger partial charge on any atom is 0.416 e. The zero-order valence-electron chi connectivity index (χ0n) is 7.67. The minimum absolute atomic E-state index is 0.155. The summed E-state index contributed by atoms with van der Waals surface area (Å²) in [5.41, 5.74) is 4.83. The Kier molecular flexibility index (Phi) is 3.10. The summed E-state index contributed by atoms with van der Waals surface area (Å²) in [7, 11) is 0. The summed E-state index contributed by atoms with van der Waals surface area (Å²) in [5.74, 6) is -0.333. The maximum absolute atomic E-state index is 12.5. The number of hydrogen-bond acceptors (Lipinski definition) is 2. The molecule has 0 aliphatic carbocycles. The zero-order valence-corrected chi connectivity index (χ0v) is 7.67. The van der Waals surface area contributed by atoms with Crippen molar-refractivity contribution in [3.63, 3.8) is 0 Å². The van der Waals surface area contributed by atoms with Gasteiger partial charge in [0, 0.05) is 12.4 Å². The second-order valence-electron chi connectivity index (χ2n) is 3.10. The molecule has 78 valence electrons. The highest BCUT2D eigenvalue weighted by Gasteiger charge is 2.34. The van der Waals surface area contributed by atoms with Crippen LogP contribution in [0.2, 0.25) is 0 Å². The number of pyridine rings is 1. The van der Waals surface area contributed by atoms with Gasteiger partial charge in [0.25, 0.3) is 0 Å². The molecule has 1 aromatic rings. The molecule has 0 bridgehead atoms. The number of aromatic nitrogens is 1. The molecule has 0 saturated heterocycles. The average molecular weight is 204 g/mol. The van der Waals surface area contributed by atoms with E-state index in [9.17, 15) is 13.2 Å². The molecule has 14 heavy (non-hydrogen) atoms. The Morgan fingerprint density at radius 2 is 2.14 bits per heavy atom. The van der Waals surface area contributed by atoms with Crippen LogP contribution in [0, 0.1) is 0 Å². The molecule has 0 radical (unpaired) electrons. The SMILES string of the molecule is C[C@@H](CN)c1cnccc1C(F)(F)F. The minimum Gasteiger partial charge on any atom is -0.330 e. The average Bonchev–Trinajstić information content (AvgIpc) is 2.15. The van der Waals surface area contributed by atoms with Crippen molar-refractivity contribution >= 4 is 0 Å². The topological polar surface area (TPSA) is 38.9 Å². The van der Waals surface area contributed by atoms with Crippen LogP contribution in [0.5, 0.6) is 0 Å². The molecule has 1 rings (SSSR count). The summed E-state index contributed by atoms with van der Waals surface area (Å²) < 4.78 is 37.4. The number of halogens is 3. The van der Waals surface area contributed by atoms with Crippen LogP contribution in [0.3, 0.4) is 0 Å². The van der Waals surface area contributed by atoms with Gasteiger partial charge >= 0.3 is 6.18 Å². The number of alkyl halides is 3. The van der Waals surface area contributed by atoms with E-state index in [2.05, 4.69) is 4.98 Å². The molecule has 0 spiro atoms. The van der Waals surface area contributed by atoms with E-state index in [1.54, 1.807) is 6.92 Å². The summed E-state index contributed by atoms with van der Waals surface area (Å²) in [6, 6.07) is 0.974. The highest BCUT2D eigenvalue weighted by Crippen LogP contribution is 2.34. The van der Waals surface area contributed by atoms with Crippen LogP contribution < -0.4 is 5.73 Å². The molecule has 1 heterocycles. The van der Waals surface area contributed by atoms with E-state index in [0.29, 0.717) is 0 Å². The highest BCUT2D eigenvalue weighted by atomic mass is 19.4. The van der Waals surface area contributed by atoms with Gasteiger partial charge in [0.15, 0.2) is 0 Å². The van der Waals surface area contributed by atoms with Crippen LogP contribution >= 0.6 is 0 Å². The van der Waals surface area contributed by atoms with E-state index in [0.717, 1.165) is 12.3 Å². The molecule has 1 aromatic heterocycles. The molecule has 0 aromatic carbocycles. The van der Waals surface area contributed by atoms with Crippen molar-refractivity contribution in [2.45, 2.75) is 19.0 Å². The molecular formula is C9H11F3N2. The van der Waals surface area contributed by atoms with Gasteiger partial charge in [-0.25, -0.2) is 0 Å². The molecule has 5 heteroatoms. The van der Waals surface area contributed by atoms with Gasteiger partial charge in [-0.15, -0.1) is 0 Å². The number of hydrogen-bond donors (Lipinski definition) is 1. The molecule has 0 amide bonds. The Labute approximate surface area is 79.9 Å². The van der Waals surface area contributed by atoms with E-state index in [1.165, 1.54) is 6.20 Å². The molecule has 0 aliphatic heterocycles. The standard InChI is InChI=1S/C9H11F3N2/c1-6(4-13)7-5-14-3-2-8(7)9(10,11)12/h2-3,5-6H,4,13H2,1H3/t6-/m0/s1. The van der Waals surface area contributed by atoms with Gasteiger partial charge < -0.3 is 5.73 Å². The van der Waals surface area contributed by atoms with Gasteiger partial charge in [0.05, 0.1) is 5.56 Å². The lowest BCUT2D eigenvalue weighted by atomic mass is 9.98. The summed E-state index contributed by atoms with van der Waals surface area (Å²) in [4.78, 5) is 3.67. The zero-order chi connectivity index (χ0) is 10.8. The lowest BCUT2D eigenvalue weighted by molar-refractivity contribution is -0.138. The van der Waals surface area contributed by atoms with Crippen LogP contribution in [-0.4, -0.2) is 11.5 Å². The van der Waals surface area contributed by atoms with Crippen molar-refractivity contribution < 1.29 is 13.2 Å². The molecule has 0 fully saturated rings. The molecule has 2 nitrogen and oxygen atoms in total. The Morgan fingerprint density at radius 3 is 2.64 bits per heavy atom. The largest absolute Gasteiger partial charge is 0.416 e. The first kappa shape index (κ1) is 11.0. The fourth-order valence-corrected chi connectivity index (χ4v) is 1.18. The second-order valence-corrected chi connectivity index (χ2v) is 3.10. The summed E-state index contributed by atoms with van der Waals surface area (Å²) in [6.45, 7) is 1.82. The predicted molar refractivity (Wildman–Crippen MR) is 46.7 cm³/mol. The van der Waals surface area contributed by atoms with Crippen molar-refractivity contribution in [3.05, 3.63) is 29.6 Å². The Morgan fingerprint density at radius 1 is 1.50 bits per heavy atom. The quantitative estimate of drug-likeness (QED) is 0.801. The molecule has 2 N–H and O–H groups in total. The number of nitrogens with zero attached hydrogens (tertiary/aromatic N) is 1. The summed E-state index contributed by atoms with van der Waals surface area (Å²) in [6.07, 6.45) is -1.97. The normalized spacial score (nSPS) is 14.1. The maximum atomic E-state index is 12.5. The van der Waals surface area contributed by atoms with E-state index in [-0.39, 0.29) is 18.0 Å². The Hall–Kier alpha value is -1.10. The van der Waals surface area contributed by atoms with Gasteiger partial charge in [-0.3, -0.25) is 4.98 Å². The fraction of sp³-hybridized carbons (Fsp3) is 0.444. The highest BCUT2D eigenvalue weighted by molar-refractivity contribution is 5.29. The third-order valence-electron chi connectivity index (χ3n) is 2.04. The first-order valence-corrected chi connectivity index (χ1v) is 4.18. The number of rotatable bonds is 2. The Balaban J connectivity index is 3.16. The van der Waals surface area contributed by atoms with Crippen molar-refractivity contribution in [1.82, 2.24) is 4.98 Å². The fourth-order valence-electron chi connectivity index (χ4n) is 1.18. The van der Waals surface area contributed by atoms with Crippen molar-refractivity contribution in [3.8, 4) is 0 Å². The lowest BCUT2D eigenvalue weighted by Crippen LogP contribution is -2.16. The van der Waals surface area contributed by atoms with Crippen LogP contribution in [0.4, 0.5) is 13.2 Å². The summed E-state index contributed by atoms with van der Waals surface area (Å²) in [5, 5.41) is 0. The van der Waals surface area contributed by atoms with Gasteiger partial charge in [-0.2, -0.15) is 13.2 Å². The van der Waals surface area contributed by atoms with E-state index in [1.807, 2.05) is 0 Å². The monoisotopic (exact) mass is 204 g/mol. The van der Waals surface area contributed by atoms with Gasteiger partial charge in [0.1, 0.15) is 0 Å². The predicted octanol–water partition coefficient (Wildman–Crippen LogP) is 2.16. The van der Waals surface area contributed by atoms with Crippen LogP contribution in [0.1, 0.15) is 24.0 Å². The second kappa shape index (κ2) is 3.96. The number of nitrogens with two attached hydrogens (primary N) is 1. The third-order valence-corrected chi connectivity index (χ3v) is 2.04. The lowest BCUT2D eigenvalue weighted by Gasteiger charge is -2.15. The van der Waals surface area contributed by atoms with Crippen LogP contribution in [-0.2, 0) is 6.18 Å². The molecule has 0 unspecified atom stereocenters. The van der Waals surface area contributed by atoms with Gasteiger partial charge in [0.2, 0.25) is 0 Å². The minimum atomic E-state index is -4.33. The molecule has 1 atom stereocenters. The van der Waals surface area contributed by atoms with Gasteiger partial charge in [-0.1, -0.05) is 6.92 Å². The molecule has 0 aliphatic rings. The van der Waals surface area contributed by atoms with Gasteiger partial charge in [-0.05, 0) is 24.1 Å². The smallest absolute Gasteiger partial charge is 0.330 e. The van der Waals surface area contributed by atoms with Crippen molar-refractivity contribution in [2.75, 3.05) is 6.54 Å². The third kappa shape index (κ3) is 2.23. The molecular weight excluding hydrogens is 193 g/mol. The first-order valence-electron chi connectivity index (χ1n) is 4.18. The first-order chi connectivity index (χ1) is 6.46. The molecule has 0 saturated carbocycles.